The molecule has 0 saturated heterocycles. The molecule has 0 aliphatic heterocycles. The summed E-state index contributed by atoms with van der Waals surface area (Å²) in [6.45, 7) is 8.54. The molecule has 0 saturated carbocycles. The zero-order valence-electron chi connectivity index (χ0n) is 13.4. The minimum Gasteiger partial charge on any atom is -0.0879 e. The monoisotopic (exact) mass is 292 g/mol. The second-order valence-corrected chi connectivity index (χ2v) is 8.41. The summed E-state index contributed by atoms with van der Waals surface area (Å²) in [4.78, 5) is 0. The van der Waals surface area contributed by atoms with Crippen LogP contribution in [0.15, 0.2) is 72.0 Å². The van der Waals surface area contributed by atoms with Gasteiger partial charge >= 0.3 is 0 Å². The molecule has 0 N–H and O–H groups in total. The van der Waals surface area contributed by atoms with Crippen LogP contribution in [0.25, 0.3) is 0 Å². The average Bonchev–Trinajstić information content (AvgIpc) is 2.50. The van der Waals surface area contributed by atoms with Crippen molar-refractivity contribution in [2.24, 2.45) is 0 Å². The summed E-state index contributed by atoms with van der Waals surface area (Å²) in [5, 5.41) is 4.44. The van der Waals surface area contributed by atoms with Crippen LogP contribution in [-0.4, -0.2) is 8.80 Å². The molecule has 0 aliphatic carbocycles. The highest BCUT2D eigenvalue weighted by molar-refractivity contribution is 6.91. The van der Waals surface area contributed by atoms with Gasteiger partial charge in [0.2, 0.25) is 0 Å². The quantitative estimate of drug-likeness (QED) is 0.595. The van der Waals surface area contributed by atoms with E-state index in [9.17, 15) is 0 Å². The molecule has 21 heavy (non-hydrogen) atoms. The van der Waals surface area contributed by atoms with Crippen molar-refractivity contribution in [1.82, 2.24) is 0 Å². The first-order valence-corrected chi connectivity index (χ1v) is 9.31. The topological polar surface area (TPSA) is 0 Å². The summed E-state index contributed by atoms with van der Waals surface area (Å²) in [5.74, 6) is 0. The fraction of sp³-hybridized carbons (Fsp3) is 0.200. The Balaban J connectivity index is 2.53. The van der Waals surface area contributed by atoms with Gasteiger partial charge in [0.25, 0.3) is 0 Å². The highest BCUT2D eigenvalue weighted by atomic mass is 28.3. The Morgan fingerprint density at radius 1 is 0.762 bits per heavy atom. The van der Waals surface area contributed by atoms with Crippen molar-refractivity contribution < 1.29 is 0 Å². The van der Waals surface area contributed by atoms with Crippen LogP contribution >= 0.6 is 0 Å². The molecule has 0 aromatic heterocycles. The zero-order valence-corrected chi connectivity index (χ0v) is 14.6. The van der Waals surface area contributed by atoms with Gasteiger partial charge in [0.05, 0.1) is 0 Å². The number of rotatable bonds is 4. The van der Waals surface area contributed by atoms with Gasteiger partial charge in [0.1, 0.15) is 8.80 Å². The summed E-state index contributed by atoms with van der Waals surface area (Å²) >= 11 is 0. The second kappa shape index (κ2) is 7.23. The summed E-state index contributed by atoms with van der Waals surface area (Å²) in [6, 6.07) is 18.1. The van der Waals surface area contributed by atoms with Crippen LogP contribution in [0.1, 0.15) is 25.0 Å². The maximum Gasteiger partial charge on any atom is 0.132 e. The molecule has 0 bridgehead atoms. The lowest BCUT2D eigenvalue weighted by molar-refractivity contribution is 1.48. The van der Waals surface area contributed by atoms with Crippen LogP contribution in [0.4, 0.5) is 0 Å². The van der Waals surface area contributed by atoms with E-state index in [0.29, 0.717) is 0 Å². The van der Waals surface area contributed by atoms with Crippen molar-refractivity contribution >= 4 is 19.2 Å². The molecule has 0 nitrogen and oxygen atoms in total. The van der Waals surface area contributed by atoms with Crippen molar-refractivity contribution in [2.45, 2.75) is 27.7 Å². The number of hydrogen-bond donors (Lipinski definition) is 0. The third-order valence-corrected chi connectivity index (χ3v) is 7.14. The zero-order chi connectivity index (χ0) is 15.2. The van der Waals surface area contributed by atoms with Crippen molar-refractivity contribution in [2.75, 3.05) is 0 Å². The van der Waals surface area contributed by atoms with E-state index >= 15 is 0 Å². The lowest BCUT2D eigenvalue weighted by Crippen LogP contribution is -2.43. The summed E-state index contributed by atoms with van der Waals surface area (Å²) < 4.78 is 0. The van der Waals surface area contributed by atoms with Gasteiger partial charge in [-0.25, -0.2) is 0 Å². The lowest BCUT2D eigenvalue weighted by atomic mass is 10.2. The smallest absolute Gasteiger partial charge is 0.0879 e. The fourth-order valence-corrected chi connectivity index (χ4v) is 5.67. The molecule has 0 atom stereocenters. The maximum atomic E-state index is 2.30. The van der Waals surface area contributed by atoms with E-state index in [-0.39, 0.29) is 0 Å². The molecule has 0 fully saturated rings. The average molecular weight is 292 g/mol. The number of benzene rings is 2. The minimum atomic E-state index is -1.35. The molecule has 0 radical (unpaired) electrons. The Bertz CT molecular complexity index is 585. The number of allylic oxidation sites excluding steroid dienone is 4. The van der Waals surface area contributed by atoms with Gasteiger partial charge < -0.3 is 0 Å². The van der Waals surface area contributed by atoms with Gasteiger partial charge in [0.15, 0.2) is 0 Å². The van der Waals surface area contributed by atoms with Crippen LogP contribution in [0.3, 0.4) is 0 Å². The molecule has 0 heterocycles. The van der Waals surface area contributed by atoms with Gasteiger partial charge in [0, 0.05) is 0 Å². The van der Waals surface area contributed by atoms with E-state index < -0.39 is 8.80 Å². The molecule has 0 amide bonds. The maximum absolute atomic E-state index is 2.30. The van der Waals surface area contributed by atoms with Crippen LogP contribution < -0.4 is 10.4 Å². The summed E-state index contributed by atoms with van der Waals surface area (Å²) in [5.41, 5.74) is 2.65. The van der Waals surface area contributed by atoms with Gasteiger partial charge in [-0.05, 0) is 27.7 Å². The molecule has 0 unspecified atom stereocenters. The lowest BCUT2D eigenvalue weighted by Gasteiger charge is -2.18. The van der Waals surface area contributed by atoms with Crippen LogP contribution in [-0.2, 0) is 0 Å². The van der Waals surface area contributed by atoms with E-state index in [4.69, 9.17) is 0 Å². The molecule has 108 valence electrons. The van der Waals surface area contributed by atoms with E-state index in [1.165, 1.54) is 26.7 Å². The second-order valence-electron chi connectivity index (χ2n) is 5.54. The molecular weight excluding hydrogens is 268 g/mol. The number of hydrogen-bond acceptors (Lipinski definition) is 0. The predicted molar refractivity (Wildman–Crippen MR) is 97.3 cm³/mol. The van der Waals surface area contributed by atoms with Gasteiger partial charge in [-0.2, -0.15) is 0 Å². The van der Waals surface area contributed by atoms with Crippen LogP contribution in [0.5, 0.6) is 0 Å². The molecule has 0 spiro atoms. The van der Waals surface area contributed by atoms with Gasteiger partial charge in [-0.15, -0.1) is 0 Å². The number of aryl methyl sites for hydroxylation is 2. The Kier molecular flexibility index (Phi) is 5.35. The Labute approximate surface area is 130 Å². The largest absolute Gasteiger partial charge is 0.132 e. The minimum absolute atomic E-state index is 1.32. The molecule has 2 aromatic rings. The molecule has 1 heteroatoms. The SMILES string of the molecule is C/C=C\C(=C/C)[SiH](c1ccc(C)cc1)c1ccc(C)cc1. The molecule has 2 rings (SSSR count). The van der Waals surface area contributed by atoms with Gasteiger partial charge in [-0.3, -0.25) is 0 Å². The van der Waals surface area contributed by atoms with E-state index in [0.717, 1.165) is 0 Å². The normalized spacial score (nSPS) is 12.3. The third-order valence-electron chi connectivity index (χ3n) is 3.85. The fourth-order valence-electron chi connectivity index (χ4n) is 2.65. The van der Waals surface area contributed by atoms with E-state index in [1.54, 1.807) is 0 Å². The first kappa shape index (κ1) is 15.5. The van der Waals surface area contributed by atoms with Crippen LogP contribution in [0.2, 0.25) is 0 Å². The van der Waals surface area contributed by atoms with Crippen LogP contribution in [0, 0.1) is 13.8 Å². The molecule has 2 aromatic carbocycles. The highest BCUT2D eigenvalue weighted by Crippen LogP contribution is 2.08. The van der Waals surface area contributed by atoms with E-state index in [2.05, 4.69) is 94.5 Å². The van der Waals surface area contributed by atoms with Crippen molar-refractivity contribution in [3.05, 3.63) is 83.1 Å². The Morgan fingerprint density at radius 3 is 1.52 bits per heavy atom. The molecular formula is C20H24Si. The van der Waals surface area contributed by atoms with Crippen molar-refractivity contribution in [3.8, 4) is 0 Å². The Morgan fingerprint density at radius 2 is 1.19 bits per heavy atom. The standard InChI is InChI=1S/C20H24Si/c1-5-7-18(6-2)21(19-12-8-16(3)9-13-19)20-14-10-17(4)11-15-20/h5-15,21H,1-4H3/b7-5-,18-6+. The first-order valence-electron chi connectivity index (χ1n) is 7.57. The highest BCUT2D eigenvalue weighted by Gasteiger charge is 2.18. The summed E-state index contributed by atoms with van der Waals surface area (Å²) in [6.07, 6.45) is 6.70. The van der Waals surface area contributed by atoms with Crippen molar-refractivity contribution in [3.63, 3.8) is 0 Å². The molecule has 0 aliphatic rings. The third kappa shape index (κ3) is 3.83. The van der Waals surface area contributed by atoms with Gasteiger partial charge in [-0.1, -0.05) is 93.5 Å². The Hall–Kier alpha value is -1.86. The predicted octanol–water partition coefficient (Wildman–Crippen LogP) is 3.71. The summed E-state index contributed by atoms with van der Waals surface area (Å²) in [7, 11) is -1.35. The van der Waals surface area contributed by atoms with E-state index in [1.807, 2.05) is 0 Å². The first-order chi connectivity index (χ1) is 10.2. The van der Waals surface area contributed by atoms with Crippen molar-refractivity contribution in [1.29, 1.82) is 0 Å².